The van der Waals surface area contributed by atoms with Crippen molar-refractivity contribution in [2.45, 2.75) is 59.4 Å². The van der Waals surface area contributed by atoms with Crippen molar-refractivity contribution in [2.75, 3.05) is 19.6 Å². The van der Waals surface area contributed by atoms with Gasteiger partial charge >= 0.3 is 0 Å². The highest BCUT2D eigenvalue weighted by Crippen LogP contribution is 2.37. The predicted octanol–water partition coefficient (Wildman–Crippen LogP) is 2.87. The Bertz CT molecular complexity index is 205. The second-order valence-electron chi connectivity index (χ2n) is 5.99. The third-order valence-electron chi connectivity index (χ3n) is 4.46. The molecule has 0 amide bonds. The highest BCUT2D eigenvalue weighted by molar-refractivity contribution is 4.93. The van der Waals surface area contributed by atoms with Crippen molar-refractivity contribution in [2.24, 2.45) is 17.1 Å². The van der Waals surface area contributed by atoms with Crippen LogP contribution in [0.4, 0.5) is 0 Å². The van der Waals surface area contributed by atoms with Gasteiger partial charge in [0.15, 0.2) is 0 Å². The van der Waals surface area contributed by atoms with Crippen molar-refractivity contribution >= 4 is 0 Å². The van der Waals surface area contributed by atoms with E-state index in [2.05, 4.69) is 32.6 Å². The summed E-state index contributed by atoms with van der Waals surface area (Å²) in [6, 6.07) is 0.415. The number of nitrogens with zero attached hydrogens (tertiary/aromatic N) is 1. The van der Waals surface area contributed by atoms with Crippen molar-refractivity contribution in [3.05, 3.63) is 0 Å². The average molecular weight is 226 g/mol. The Balaban J connectivity index is 2.49. The van der Waals surface area contributed by atoms with Gasteiger partial charge in [0.05, 0.1) is 0 Å². The van der Waals surface area contributed by atoms with Crippen LogP contribution in [-0.4, -0.2) is 30.6 Å². The molecule has 0 saturated heterocycles. The Morgan fingerprint density at radius 2 is 2.12 bits per heavy atom. The highest BCUT2D eigenvalue weighted by atomic mass is 15.1. The van der Waals surface area contributed by atoms with Crippen molar-refractivity contribution in [1.82, 2.24) is 4.90 Å². The molecule has 0 spiro atoms. The van der Waals surface area contributed by atoms with Gasteiger partial charge in [-0.1, -0.05) is 40.5 Å². The van der Waals surface area contributed by atoms with E-state index in [0.717, 1.165) is 12.5 Å². The molecule has 1 aliphatic rings. The van der Waals surface area contributed by atoms with Crippen LogP contribution in [0.3, 0.4) is 0 Å². The lowest BCUT2D eigenvalue weighted by atomic mass is 9.84. The normalized spacial score (nSPS) is 32.2. The predicted molar refractivity (Wildman–Crippen MR) is 71.5 cm³/mol. The van der Waals surface area contributed by atoms with E-state index in [1.54, 1.807) is 0 Å². The molecule has 1 fully saturated rings. The molecule has 2 N–H and O–H groups in total. The molecule has 96 valence electrons. The number of hydrogen-bond acceptors (Lipinski definition) is 2. The summed E-state index contributed by atoms with van der Waals surface area (Å²) in [6.07, 6.45) is 5.13. The molecule has 16 heavy (non-hydrogen) atoms. The second-order valence-corrected chi connectivity index (χ2v) is 5.99. The van der Waals surface area contributed by atoms with Crippen molar-refractivity contribution in [3.63, 3.8) is 0 Å². The topological polar surface area (TPSA) is 29.3 Å². The minimum Gasteiger partial charge on any atom is -0.327 e. The summed E-state index contributed by atoms with van der Waals surface area (Å²) in [6.45, 7) is 12.9. The van der Waals surface area contributed by atoms with E-state index in [1.807, 2.05) is 0 Å². The number of nitrogens with two attached hydrogens (primary N) is 1. The first-order valence-corrected chi connectivity index (χ1v) is 6.99. The van der Waals surface area contributed by atoms with Crippen LogP contribution in [0.25, 0.3) is 0 Å². The Labute approximate surface area is 102 Å². The van der Waals surface area contributed by atoms with Crippen LogP contribution in [0, 0.1) is 11.3 Å². The molecule has 0 aromatic heterocycles. The lowest BCUT2D eigenvalue weighted by Crippen LogP contribution is -2.45. The maximum absolute atomic E-state index is 6.25. The van der Waals surface area contributed by atoms with Crippen LogP contribution in [0.5, 0.6) is 0 Å². The second kappa shape index (κ2) is 6.02. The smallest absolute Gasteiger partial charge is 0.0105 e. The first kappa shape index (κ1) is 14.0. The summed E-state index contributed by atoms with van der Waals surface area (Å²) in [5, 5.41) is 0. The molecule has 0 aliphatic heterocycles. The number of rotatable bonds is 6. The summed E-state index contributed by atoms with van der Waals surface area (Å²) >= 11 is 0. The summed E-state index contributed by atoms with van der Waals surface area (Å²) < 4.78 is 0. The van der Waals surface area contributed by atoms with E-state index in [0.29, 0.717) is 11.5 Å². The van der Waals surface area contributed by atoms with Crippen molar-refractivity contribution in [1.29, 1.82) is 0 Å². The van der Waals surface area contributed by atoms with Crippen LogP contribution in [0.1, 0.15) is 53.4 Å². The van der Waals surface area contributed by atoms with Gasteiger partial charge in [0.25, 0.3) is 0 Å². The minimum absolute atomic E-state index is 0.365. The molecule has 0 aromatic carbocycles. The van der Waals surface area contributed by atoms with Gasteiger partial charge in [0.1, 0.15) is 0 Å². The quantitative estimate of drug-likeness (QED) is 0.754. The molecule has 2 nitrogen and oxygen atoms in total. The van der Waals surface area contributed by atoms with Crippen molar-refractivity contribution < 1.29 is 0 Å². The van der Waals surface area contributed by atoms with Gasteiger partial charge in [0.2, 0.25) is 0 Å². The Hall–Kier alpha value is -0.0800. The standard InChI is InChI=1S/C14H30N2/c1-5-12(3)10-16(6-2)11-14(4)9-7-8-13(14)15/h12-13H,5-11,15H2,1-4H3. The summed E-state index contributed by atoms with van der Waals surface area (Å²) in [7, 11) is 0. The van der Waals surface area contributed by atoms with Gasteiger partial charge in [-0.15, -0.1) is 0 Å². The molecule has 1 rings (SSSR count). The minimum atomic E-state index is 0.365. The maximum atomic E-state index is 6.25. The molecule has 2 heteroatoms. The van der Waals surface area contributed by atoms with Gasteiger partial charge < -0.3 is 10.6 Å². The highest BCUT2D eigenvalue weighted by Gasteiger charge is 2.37. The van der Waals surface area contributed by atoms with Gasteiger partial charge in [0, 0.05) is 19.1 Å². The average Bonchev–Trinajstić information content (AvgIpc) is 2.58. The molecule has 0 radical (unpaired) electrons. The SMILES string of the molecule is CCC(C)CN(CC)CC1(C)CCCC1N. The molecule has 1 aliphatic carbocycles. The zero-order chi connectivity index (χ0) is 12.2. The summed E-state index contributed by atoms with van der Waals surface area (Å²) in [5.74, 6) is 0.807. The Morgan fingerprint density at radius 3 is 2.56 bits per heavy atom. The van der Waals surface area contributed by atoms with Crippen molar-refractivity contribution in [3.8, 4) is 0 Å². The summed E-state index contributed by atoms with van der Waals surface area (Å²) in [4.78, 5) is 2.60. The van der Waals surface area contributed by atoms with Gasteiger partial charge in [-0.2, -0.15) is 0 Å². The third kappa shape index (κ3) is 3.46. The van der Waals surface area contributed by atoms with E-state index < -0.39 is 0 Å². The first-order valence-electron chi connectivity index (χ1n) is 6.99. The molecule has 3 atom stereocenters. The van der Waals surface area contributed by atoms with E-state index in [4.69, 9.17) is 5.73 Å². The largest absolute Gasteiger partial charge is 0.327 e. The molecule has 3 unspecified atom stereocenters. The van der Waals surface area contributed by atoms with E-state index in [1.165, 1.54) is 38.8 Å². The zero-order valence-corrected chi connectivity index (χ0v) is 11.6. The number of hydrogen-bond donors (Lipinski definition) is 1. The molecule has 0 aromatic rings. The molecule has 1 saturated carbocycles. The van der Waals surface area contributed by atoms with Crippen LogP contribution >= 0.6 is 0 Å². The fraction of sp³-hybridized carbons (Fsp3) is 1.00. The van der Waals surface area contributed by atoms with E-state index >= 15 is 0 Å². The molecular formula is C14H30N2. The van der Waals surface area contributed by atoms with Crippen LogP contribution in [0.2, 0.25) is 0 Å². The van der Waals surface area contributed by atoms with Crippen LogP contribution in [0.15, 0.2) is 0 Å². The lowest BCUT2D eigenvalue weighted by molar-refractivity contribution is 0.142. The summed E-state index contributed by atoms with van der Waals surface area (Å²) in [5.41, 5.74) is 6.62. The van der Waals surface area contributed by atoms with Gasteiger partial charge in [-0.25, -0.2) is 0 Å². The maximum Gasteiger partial charge on any atom is 0.0105 e. The van der Waals surface area contributed by atoms with Crippen LogP contribution in [-0.2, 0) is 0 Å². The molecular weight excluding hydrogens is 196 g/mol. The zero-order valence-electron chi connectivity index (χ0n) is 11.6. The van der Waals surface area contributed by atoms with E-state index in [-0.39, 0.29) is 0 Å². The van der Waals surface area contributed by atoms with Gasteiger partial charge in [-0.05, 0) is 30.7 Å². The molecule has 0 heterocycles. The fourth-order valence-electron chi connectivity index (χ4n) is 2.84. The monoisotopic (exact) mass is 226 g/mol. The fourth-order valence-corrected chi connectivity index (χ4v) is 2.84. The Morgan fingerprint density at radius 1 is 1.44 bits per heavy atom. The Kier molecular flexibility index (Phi) is 5.26. The van der Waals surface area contributed by atoms with Gasteiger partial charge in [-0.3, -0.25) is 0 Å². The lowest BCUT2D eigenvalue weighted by Gasteiger charge is -2.36. The third-order valence-corrected chi connectivity index (χ3v) is 4.46. The van der Waals surface area contributed by atoms with E-state index in [9.17, 15) is 0 Å². The molecule has 0 bridgehead atoms. The first-order chi connectivity index (χ1) is 7.51. The van der Waals surface area contributed by atoms with Crippen LogP contribution < -0.4 is 5.73 Å².